The summed E-state index contributed by atoms with van der Waals surface area (Å²) in [5.74, 6) is 1.73. The fourth-order valence-electron chi connectivity index (χ4n) is 3.79. The quantitative estimate of drug-likeness (QED) is 0.798. The van der Waals surface area contributed by atoms with Crippen LogP contribution < -0.4 is 5.73 Å². The van der Waals surface area contributed by atoms with Crippen molar-refractivity contribution >= 4 is 0 Å². The highest BCUT2D eigenvalue weighted by Gasteiger charge is 2.36. The van der Waals surface area contributed by atoms with Gasteiger partial charge in [0.05, 0.1) is 0 Å². The molecule has 94 valence electrons. The van der Waals surface area contributed by atoms with Crippen molar-refractivity contribution in [3.05, 3.63) is 0 Å². The third kappa shape index (κ3) is 2.43. The lowest BCUT2D eigenvalue weighted by Crippen LogP contribution is -2.48. The predicted molar refractivity (Wildman–Crippen MR) is 69.4 cm³/mol. The molecule has 1 saturated heterocycles. The van der Waals surface area contributed by atoms with E-state index in [9.17, 15) is 0 Å². The van der Waals surface area contributed by atoms with Gasteiger partial charge in [-0.2, -0.15) is 0 Å². The minimum Gasteiger partial charge on any atom is -0.330 e. The molecular weight excluding hydrogens is 196 g/mol. The largest absolute Gasteiger partial charge is 0.330 e. The van der Waals surface area contributed by atoms with E-state index in [1.807, 2.05) is 0 Å². The summed E-state index contributed by atoms with van der Waals surface area (Å²) in [4.78, 5) is 2.76. The van der Waals surface area contributed by atoms with Crippen molar-refractivity contribution in [3.63, 3.8) is 0 Å². The Morgan fingerprint density at radius 1 is 1.25 bits per heavy atom. The van der Waals surface area contributed by atoms with E-state index in [0.717, 1.165) is 30.5 Å². The molecule has 1 aliphatic carbocycles. The van der Waals surface area contributed by atoms with Crippen molar-refractivity contribution in [2.24, 2.45) is 17.6 Å². The SMILES string of the molecule is CCC1CCC(CN)C(N2CCCC2C)C1. The molecule has 0 amide bonds. The first kappa shape index (κ1) is 12.4. The molecule has 2 fully saturated rings. The molecule has 2 nitrogen and oxygen atoms in total. The molecule has 2 rings (SSSR count). The van der Waals surface area contributed by atoms with E-state index in [1.165, 1.54) is 45.1 Å². The molecule has 0 spiro atoms. The smallest absolute Gasteiger partial charge is 0.0141 e. The van der Waals surface area contributed by atoms with Gasteiger partial charge in [-0.3, -0.25) is 4.90 Å². The van der Waals surface area contributed by atoms with Gasteiger partial charge >= 0.3 is 0 Å². The molecule has 1 saturated carbocycles. The zero-order valence-corrected chi connectivity index (χ0v) is 11.0. The van der Waals surface area contributed by atoms with Gasteiger partial charge in [-0.1, -0.05) is 19.8 Å². The van der Waals surface area contributed by atoms with Gasteiger partial charge in [0.1, 0.15) is 0 Å². The lowest BCUT2D eigenvalue weighted by atomic mass is 9.76. The average Bonchev–Trinajstić information content (AvgIpc) is 2.74. The van der Waals surface area contributed by atoms with Gasteiger partial charge in [-0.25, -0.2) is 0 Å². The highest BCUT2D eigenvalue weighted by Crippen LogP contribution is 2.36. The topological polar surface area (TPSA) is 29.3 Å². The van der Waals surface area contributed by atoms with Crippen LogP contribution in [-0.2, 0) is 0 Å². The summed E-state index contributed by atoms with van der Waals surface area (Å²) in [6, 6.07) is 1.59. The van der Waals surface area contributed by atoms with Crippen molar-refractivity contribution in [1.82, 2.24) is 4.90 Å². The third-order valence-electron chi connectivity index (χ3n) is 4.98. The molecule has 0 bridgehead atoms. The summed E-state index contributed by atoms with van der Waals surface area (Å²) in [6.45, 7) is 6.96. The Morgan fingerprint density at radius 3 is 2.62 bits per heavy atom. The van der Waals surface area contributed by atoms with Gasteiger partial charge in [0.15, 0.2) is 0 Å². The number of hydrogen-bond acceptors (Lipinski definition) is 2. The van der Waals surface area contributed by atoms with Crippen LogP contribution in [-0.4, -0.2) is 30.1 Å². The lowest BCUT2D eigenvalue weighted by molar-refractivity contribution is 0.0757. The molecule has 4 unspecified atom stereocenters. The minimum atomic E-state index is 0.767. The van der Waals surface area contributed by atoms with Crippen LogP contribution in [0.4, 0.5) is 0 Å². The van der Waals surface area contributed by atoms with Gasteiger partial charge in [-0.05, 0) is 57.5 Å². The van der Waals surface area contributed by atoms with Crippen LogP contribution in [0, 0.1) is 11.8 Å². The summed E-state index contributed by atoms with van der Waals surface area (Å²) < 4.78 is 0. The number of nitrogens with zero attached hydrogens (tertiary/aromatic N) is 1. The van der Waals surface area contributed by atoms with Crippen LogP contribution in [0.1, 0.15) is 52.4 Å². The number of likely N-dealkylation sites (tertiary alicyclic amines) is 1. The Balaban J connectivity index is 2.02. The Bertz CT molecular complexity index is 217. The maximum absolute atomic E-state index is 5.97. The molecule has 2 heteroatoms. The second kappa shape index (κ2) is 5.50. The highest BCUT2D eigenvalue weighted by molar-refractivity contribution is 4.91. The molecule has 0 aromatic rings. The van der Waals surface area contributed by atoms with E-state index in [-0.39, 0.29) is 0 Å². The Morgan fingerprint density at radius 2 is 2.06 bits per heavy atom. The van der Waals surface area contributed by atoms with Crippen molar-refractivity contribution in [3.8, 4) is 0 Å². The summed E-state index contributed by atoms with van der Waals surface area (Å²) >= 11 is 0. The first-order chi connectivity index (χ1) is 7.76. The molecular formula is C14H28N2. The standard InChI is InChI=1S/C14H28N2/c1-3-12-6-7-13(10-15)14(9-12)16-8-4-5-11(16)2/h11-14H,3-10,15H2,1-2H3. The second-order valence-electron chi connectivity index (χ2n) is 5.88. The maximum Gasteiger partial charge on any atom is 0.0141 e. The average molecular weight is 224 g/mol. The highest BCUT2D eigenvalue weighted by atomic mass is 15.2. The molecule has 16 heavy (non-hydrogen) atoms. The molecule has 2 N–H and O–H groups in total. The van der Waals surface area contributed by atoms with Crippen LogP contribution >= 0.6 is 0 Å². The molecule has 4 atom stereocenters. The van der Waals surface area contributed by atoms with E-state index in [4.69, 9.17) is 5.73 Å². The van der Waals surface area contributed by atoms with E-state index < -0.39 is 0 Å². The summed E-state index contributed by atoms with van der Waals surface area (Å²) in [5, 5.41) is 0. The molecule has 1 heterocycles. The number of rotatable bonds is 3. The van der Waals surface area contributed by atoms with Gasteiger partial charge < -0.3 is 5.73 Å². The normalized spacial score (nSPS) is 41.4. The van der Waals surface area contributed by atoms with Crippen LogP contribution in [0.5, 0.6) is 0 Å². The predicted octanol–water partition coefficient (Wildman–Crippen LogP) is 2.62. The van der Waals surface area contributed by atoms with E-state index in [2.05, 4.69) is 18.7 Å². The molecule has 0 aromatic heterocycles. The molecule has 2 aliphatic rings. The minimum absolute atomic E-state index is 0.767. The van der Waals surface area contributed by atoms with Crippen molar-refractivity contribution < 1.29 is 0 Å². The summed E-state index contributed by atoms with van der Waals surface area (Å²) in [6.07, 6.45) is 8.33. The fourth-order valence-corrected chi connectivity index (χ4v) is 3.79. The van der Waals surface area contributed by atoms with Gasteiger partial charge in [-0.15, -0.1) is 0 Å². The van der Waals surface area contributed by atoms with Gasteiger partial charge in [0, 0.05) is 12.1 Å². The van der Waals surface area contributed by atoms with Crippen LogP contribution in [0.3, 0.4) is 0 Å². The van der Waals surface area contributed by atoms with Crippen LogP contribution in [0.2, 0.25) is 0 Å². The third-order valence-corrected chi connectivity index (χ3v) is 4.98. The van der Waals surface area contributed by atoms with E-state index in [1.54, 1.807) is 0 Å². The Kier molecular flexibility index (Phi) is 4.26. The lowest BCUT2D eigenvalue weighted by Gasteiger charge is -2.42. The monoisotopic (exact) mass is 224 g/mol. The summed E-state index contributed by atoms with van der Waals surface area (Å²) in [7, 11) is 0. The van der Waals surface area contributed by atoms with Crippen molar-refractivity contribution in [1.29, 1.82) is 0 Å². The maximum atomic E-state index is 5.97. The Hall–Kier alpha value is -0.0800. The first-order valence-corrected chi connectivity index (χ1v) is 7.22. The zero-order chi connectivity index (χ0) is 11.5. The Labute approximate surface area is 101 Å². The van der Waals surface area contributed by atoms with E-state index >= 15 is 0 Å². The second-order valence-corrected chi connectivity index (χ2v) is 5.88. The summed E-state index contributed by atoms with van der Waals surface area (Å²) in [5.41, 5.74) is 5.97. The van der Waals surface area contributed by atoms with Gasteiger partial charge in [0.2, 0.25) is 0 Å². The molecule has 0 aromatic carbocycles. The first-order valence-electron chi connectivity index (χ1n) is 7.22. The zero-order valence-electron chi connectivity index (χ0n) is 11.0. The van der Waals surface area contributed by atoms with Gasteiger partial charge in [0.25, 0.3) is 0 Å². The van der Waals surface area contributed by atoms with Crippen molar-refractivity contribution in [2.75, 3.05) is 13.1 Å². The van der Waals surface area contributed by atoms with Crippen molar-refractivity contribution in [2.45, 2.75) is 64.5 Å². The van der Waals surface area contributed by atoms with Crippen LogP contribution in [0.15, 0.2) is 0 Å². The fraction of sp³-hybridized carbons (Fsp3) is 1.00. The number of nitrogens with two attached hydrogens (primary N) is 1. The van der Waals surface area contributed by atoms with Crippen LogP contribution in [0.25, 0.3) is 0 Å². The molecule has 0 radical (unpaired) electrons. The van der Waals surface area contributed by atoms with E-state index in [0.29, 0.717) is 0 Å². The number of hydrogen-bond donors (Lipinski definition) is 1. The molecule has 1 aliphatic heterocycles.